The second kappa shape index (κ2) is 9.94. The van der Waals surface area contributed by atoms with E-state index in [0.717, 1.165) is 17.4 Å². The minimum absolute atomic E-state index is 0.0726. The van der Waals surface area contributed by atoms with Gasteiger partial charge < -0.3 is 9.84 Å². The first-order chi connectivity index (χ1) is 16.6. The van der Waals surface area contributed by atoms with E-state index in [1.807, 2.05) is 35.1 Å². The highest BCUT2D eigenvalue weighted by Crippen LogP contribution is 2.43. The first kappa shape index (κ1) is 25.7. The molecule has 0 amide bonds. The van der Waals surface area contributed by atoms with Crippen molar-refractivity contribution in [3.8, 4) is 0 Å². The largest absolute Gasteiger partial charge is 0.496 e. The summed E-state index contributed by atoms with van der Waals surface area (Å²) in [5, 5.41) is 11.6. The lowest BCUT2D eigenvalue weighted by Crippen LogP contribution is -2.70. The summed E-state index contributed by atoms with van der Waals surface area (Å²) in [5.41, 5.74) is 0.345. The van der Waals surface area contributed by atoms with E-state index in [4.69, 9.17) is 27.9 Å². The summed E-state index contributed by atoms with van der Waals surface area (Å²) >= 11 is 12.2. The first-order valence-electron chi connectivity index (χ1n) is 10.9. The average molecular weight is 534 g/mol. The SMILES string of the molecule is COC1=CC=CC(C(C2(O)CN(C(c3ccc(Cl)cc3)c3ccc(Cl)cc3)C2)S(C)(=O)=O)C1=C=O. The number of β-amino-alcohol motifs (C(OH)–C–C–N with tert-alkyl or cyclic N) is 1. The maximum absolute atomic E-state index is 13.0. The minimum atomic E-state index is -3.79. The van der Waals surface area contributed by atoms with E-state index in [2.05, 4.69) is 0 Å². The van der Waals surface area contributed by atoms with Gasteiger partial charge in [0.2, 0.25) is 0 Å². The number of allylic oxidation sites excluding steroid dienone is 4. The van der Waals surface area contributed by atoms with E-state index < -0.39 is 26.6 Å². The number of halogens is 2. The molecule has 1 N–H and O–H groups in total. The average Bonchev–Trinajstić information content (AvgIpc) is 2.79. The number of sulfone groups is 1. The molecule has 0 radical (unpaired) electrons. The van der Waals surface area contributed by atoms with Crippen molar-refractivity contribution in [3.05, 3.63) is 99.3 Å². The third-order valence-corrected chi connectivity index (χ3v) is 8.66. The number of hydrogen-bond donors (Lipinski definition) is 1. The van der Waals surface area contributed by atoms with Crippen LogP contribution in [0.15, 0.2) is 78.1 Å². The summed E-state index contributed by atoms with van der Waals surface area (Å²) in [6, 6.07) is 14.5. The van der Waals surface area contributed by atoms with Gasteiger partial charge in [0.25, 0.3) is 0 Å². The Morgan fingerprint density at radius 1 is 1.06 bits per heavy atom. The van der Waals surface area contributed by atoms with E-state index in [-0.39, 0.29) is 30.5 Å². The summed E-state index contributed by atoms with van der Waals surface area (Å²) in [5.74, 6) is 1.18. The normalized spacial score (nSPS) is 20.7. The van der Waals surface area contributed by atoms with Crippen molar-refractivity contribution in [1.29, 1.82) is 0 Å². The molecule has 2 aromatic rings. The summed E-state index contributed by atoms with van der Waals surface area (Å²) in [7, 11) is -2.39. The van der Waals surface area contributed by atoms with Gasteiger partial charge in [-0.3, -0.25) is 4.90 Å². The molecule has 9 heteroatoms. The van der Waals surface area contributed by atoms with Gasteiger partial charge in [-0.05, 0) is 41.5 Å². The van der Waals surface area contributed by atoms with Crippen LogP contribution in [0.1, 0.15) is 17.2 Å². The molecule has 4 rings (SSSR count). The Kier molecular flexibility index (Phi) is 7.30. The monoisotopic (exact) mass is 533 g/mol. The van der Waals surface area contributed by atoms with Crippen LogP contribution >= 0.6 is 23.2 Å². The molecular formula is C26H25Cl2NO5S. The number of carbonyl (C=O) groups excluding carboxylic acids is 1. The van der Waals surface area contributed by atoms with E-state index in [1.165, 1.54) is 7.11 Å². The molecule has 1 aliphatic carbocycles. The van der Waals surface area contributed by atoms with Crippen LogP contribution in [0.5, 0.6) is 0 Å². The number of methoxy groups -OCH3 is 1. The zero-order valence-corrected chi connectivity index (χ0v) is 21.5. The van der Waals surface area contributed by atoms with Crippen LogP contribution in [0.2, 0.25) is 10.0 Å². The van der Waals surface area contributed by atoms with Crippen molar-refractivity contribution >= 4 is 39.0 Å². The molecule has 35 heavy (non-hydrogen) atoms. The summed E-state index contributed by atoms with van der Waals surface area (Å²) in [6.45, 7) is 0.145. The fourth-order valence-electron chi connectivity index (χ4n) is 5.08. The van der Waals surface area contributed by atoms with Crippen molar-refractivity contribution in [2.24, 2.45) is 5.92 Å². The van der Waals surface area contributed by atoms with Gasteiger partial charge in [0, 0.05) is 35.3 Å². The number of rotatable bonds is 7. The summed E-state index contributed by atoms with van der Waals surface area (Å²) in [6.07, 6.45) is 5.89. The van der Waals surface area contributed by atoms with Crippen LogP contribution in [0, 0.1) is 5.92 Å². The highest BCUT2D eigenvalue weighted by Gasteiger charge is 2.57. The van der Waals surface area contributed by atoms with Gasteiger partial charge in [0.15, 0.2) is 9.84 Å². The molecular weight excluding hydrogens is 509 g/mol. The van der Waals surface area contributed by atoms with Crippen molar-refractivity contribution in [3.63, 3.8) is 0 Å². The molecule has 6 nitrogen and oxygen atoms in total. The van der Waals surface area contributed by atoms with Crippen LogP contribution < -0.4 is 0 Å². The maximum Gasteiger partial charge on any atom is 0.154 e. The molecule has 1 saturated heterocycles. The third kappa shape index (κ3) is 5.12. The van der Waals surface area contributed by atoms with Crippen LogP contribution in [0.3, 0.4) is 0 Å². The number of benzene rings is 2. The second-order valence-electron chi connectivity index (χ2n) is 8.93. The molecule has 1 fully saturated rings. The lowest BCUT2D eigenvalue weighted by atomic mass is 9.77. The highest BCUT2D eigenvalue weighted by molar-refractivity contribution is 7.91. The number of likely N-dealkylation sites (tertiary alicyclic amines) is 1. The Labute approximate surface area is 215 Å². The molecule has 0 spiro atoms. The topological polar surface area (TPSA) is 83.9 Å². The van der Waals surface area contributed by atoms with E-state index in [9.17, 15) is 18.3 Å². The van der Waals surface area contributed by atoms with Gasteiger partial charge in [-0.15, -0.1) is 0 Å². The molecule has 1 heterocycles. The smallest absolute Gasteiger partial charge is 0.154 e. The van der Waals surface area contributed by atoms with Gasteiger partial charge in [-0.1, -0.05) is 59.6 Å². The van der Waals surface area contributed by atoms with Gasteiger partial charge >= 0.3 is 0 Å². The number of hydrogen-bond acceptors (Lipinski definition) is 6. The summed E-state index contributed by atoms with van der Waals surface area (Å²) < 4.78 is 31.2. The molecule has 2 aromatic carbocycles. The van der Waals surface area contributed by atoms with Gasteiger partial charge in [0.05, 0.1) is 18.7 Å². The highest BCUT2D eigenvalue weighted by atomic mass is 35.5. The lowest BCUT2D eigenvalue weighted by Gasteiger charge is -2.54. The Morgan fingerprint density at radius 3 is 2.00 bits per heavy atom. The minimum Gasteiger partial charge on any atom is -0.496 e. The fraction of sp³-hybridized carbons (Fsp3) is 0.308. The van der Waals surface area contributed by atoms with Crippen molar-refractivity contribution in [1.82, 2.24) is 4.90 Å². The number of ether oxygens (including phenoxy) is 1. The Morgan fingerprint density at radius 2 is 1.57 bits per heavy atom. The van der Waals surface area contributed by atoms with E-state index in [0.29, 0.717) is 10.0 Å². The van der Waals surface area contributed by atoms with E-state index in [1.54, 1.807) is 42.5 Å². The van der Waals surface area contributed by atoms with Gasteiger partial charge in [-0.25, -0.2) is 13.2 Å². The Balaban J connectivity index is 1.69. The molecule has 2 unspecified atom stereocenters. The van der Waals surface area contributed by atoms with Gasteiger partial charge in [0.1, 0.15) is 22.6 Å². The molecule has 0 saturated carbocycles. The maximum atomic E-state index is 13.0. The van der Waals surface area contributed by atoms with Gasteiger partial charge in [-0.2, -0.15) is 0 Å². The predicted molar refractivity (Wildman–Crippen MR) is 137 cm³/mol. The number of nitrogens with zero attached hydrogens (tertiary/aromatic N) is 1. The lowest BCUT2D eigenvalue weighted by molar-refractivity contribution is -0.115. The molecule has 1 aliphatic heterocycles. The van der Waals surface area contributed by atoms with Crippen LogP contribution in [-0.2, 0) is 19.4 Å². The Hall–Kier alpha value is -2.38. The van der Waals surface area contributed by atoms with Crippen molar-refractivity contribution in [2.75, 3.05) is 26.5 Å². The second-order valence-corrected chi connectivity index (χ2v) is 12.0. The predicted octanol–water partition coefficient (Wildman–Crippen LogP) is 4.02. The van der Waals surface area contributed by atoms with Crippen LogP contribution in [-0.4, -0.2) is 61.7 Å². The van der Waals surface area contributed by atoms with E-state index >= 15 is 0 Å². The van der Waals surface area contributed by atoms with Crippen molar-refractivity contribution in [2.45, 2.75) is 16.9 Å². The zero-order valence-electron chi connectivity index (χ0n) is 19.2. The standard InChI is InChI=1S/C26H25Cl2NO5S/c1-34-23-5-3-4-21(22(23)14-30)25(35(2,32)33)26(31)15-29(16-26)24(17-6-10-19(27)11-7-17)18-8-12-20(28)13-9-18/h3-13,21,24-25,31H,15-16H2,1-2H3. The molecule has 184 valence electrons. The zero-order chi connectivity index (χ0) is 25.4. The quantitative estimate of drug-likeness (QED) is 0.541. The first-order valence-corrected chi connectivity index (χ1v) is 13.6. The third-order valence-electron chi connectivity index (χ3n) is 6.50. The van der Waals surface area contributed by atoms with Crippen molar-refractivity contribution < 1.29 is 23.1 Å². The molecule has 2 aliphatic rings. The Bertz CT molecular complexity index is 1260. The fourth-order valence-corrected chi connectivity index (χ4v) is 7.04. The van der Waals surface area contributed by atoms with Crippen LogP contribution in [0.4, 0.5) is 0 Å². The summed E-state index contributed by atoms with van der Waals surface area (Å²) in [4.78, 5) is 13.8. The molecule has 2 atom stereocenters. The number of aliphatic hydroxyl groups is 1. The van der Waals surface area contributed by atoms with Crippen LogP contribution in [0.25, 0.3) is 0 Å². The molecule has 0 aromatic heterocycles. The molecule has 0 bridgehead atoms.